The molecular formula is C12H19FN2. The van der Waals surface area contributed by atoms with Crippen LogP contribution in [0.4, 0.5) is 10.1 Å². The van der Waals surface area contributed by atoms with Gasteiger partial charge in [-0.3, -0.25) is 0 Å². The van der Waals surface area contributed by atoms with E-state index < -0.39 is 0 Å². The number of anilines is 1. The van der Waals surface area contributed by atoms with E-state index in [0.717, 1.165) is 18.7 Å². The van der Waals surface area contributed by atoms with Crippen molar-refractivity contribution in [3.63, 3.8) is 0 Å². The predicted octanol–water partition coefficient (Wildman–Crippen LogP) is 2.69. The van der Waals surface area contributed by atoms with Crippen molar-refractivity contribution in [2.24, 2.45) is 5.73 Å². The summed E-state index contributed by atoms with van der Waals surface area (Å²) in [6.07, 6.45) is 0. The first-order valence-corrected chi connectivity index (χ1v) is 5.40. The number of hydrogen-bond acceptors (Lipinski definition) is 2. The summed E-state index contributed by atoms with van der Waals surface area (Å²) in [5, 5.41) is 0. The molecule has 2 N–H and O–H groups in total. The van der Waals surface area contributed by atoms with E-state index in [-0.39, 0.29) is 11.9 Å². The average Bonchev–Trinajstić information content (AvgIpc) is 2.21. The molecule has 1 rings (SSSR count). The second-order valence-corrected chi connectivity index (χ2v) is 3.64. The second kappa shape index (κ2) is 5.12. The first-order chi connectivity index (χ1) is 7.11. The molecule has 0 aliphatic rings. The zero-order valence-electron chi connectivity index (χ0n) is 9.63. The van der Waals surface area contributed by atoms with Crippen molar-refractivity contribution in [1.82, 2.24) is 0 Å². The fourth-order valence-corrected chi connectivity index (χ4v) is 1.77. The monoisotopic (exact) mass is 210 g/mol. The van der Waals surface area contributed by atoms with Crippen molar-refractivity contribution in [3.8, 4) is 0 Å². The molecule has 0 radical (unpaired) electrons. The maximum atomic E-state index is 13.7. The average molecular weight is 210 g/mol. The van der Waals surface area contributed by atoms with Crippen LogP contribution in [0.2, 0.25) is 0 Å². The highest BCUT2D eigenvalue weighted by atomic mass is 19.1. The fraction of sp³-hybridized carbons (Fsp3) is 0.500. The Labute approximate surface area is 90.9 Å². The van der Waals surface area contributed by atoms with Crippen LogP contribution in [-0.2, 0) is 0 Å². The molecule has 0 fully saturated rings. The Morgan fingerprint density at radius 2 is 1.93 bits per heavy atom. The van der Waals surface area contributed by atoms with E-state index in [2.05, 4.69) is 0 Å². The molecule has 0 saturated carbocycles. The van der Waals surface area contributed by atoms with E-state index >= 15 is 0 Å². The van der Waals surface area contributed by atoms with Crippen molar-refractivity contribution in [2.45, 2.75) is 26.8 Å². The normalized spacial score (nSPS) is 12.6. The lowest BCUT2D eigenvalue weighted by molar-refractivity contribution is 0.613. The molecule has 0 amide bonds. The van der Waals surface area contributed by atoms with Gasteiger partial charge in [-0.2, -0.15) is 0 Å². The van der Waals surface area contributed by atoms with Crippen molar-refractivity contribution in [3.05, 3.63) is 29.6 Å². The number of rotatable bonds is 4. The van der Waals surface area contributed by atoms with Gasteiger partial charge < -0.3 is 10.6 Å². The standard InChI is InChI=1S/C12H19FN2/c1-4-15(5-2)12-10(9(3)14)7-6-8-11(12)13/h6-9H,4-5,14H2,1-3H3/t9-/m1/s1. The molecule has 84 valence electrons. The number of halogens is 1. The topological polar surface area (TPSA) is 29.3 Å². The maximum absolute atomic E-state index is 13.7. The molecule has 0 bridgehead atoms. The van der Waals surface area contributed by atoms with Crippen molar-refractivity contribution in [2.75, 3.05) is 18.0 Å². The van der Waals surface area contributed by atoms with Crippen LogP contribution in [0.1, 0.15) is 32.4 Å². The highest BCUT2D eigenvalue weighted by Crippen LogP contribution is 2.28. The Balaban J connectivity index is 3.23. The SMILES string of the molecule is CCN(CC)c1c(F)cccc1[C@@H](C)N. The van der Waals surface area contributed by atoms with Gasteiger partial charge in [0.05, 0.1) is 5.69 Å². The van der Waals surface area contributed by atoms with Gasteiger partial charge in [-0.1, -0.05) is 12.1 Å². The molecule has 3 heteroatoms. The van der Waals surface area contributed by atoms with Gasteiger partial charge in [0, 0.05) is 19.1 Å². The number of benzene rings is 1. The molecule has 0 unspecified atom stereocenters. The number of para-hydroxylation sites is 1. The van der Waals surface area contributed by atoms with Gasteiger partial charge in [0.15, 0.2) is 0 Å². The highest BCUT2D eigenvalue weighted by Gasteiger charge is 2.15. The fourth-order valence-electron chi connectivity index (χ4n) is 1.77. The summed E-state index contributed by atoms with van der Waals surface area (Å²) < 4.78 is 13.7. The van der Waals surface area contributed by atoms with Crippen LogP contribution in [0.25, 0.3) is 0 Å². The third-order valence-corrected chi connectivity index (χ3v) is 2.59. The minimum absolute atomic E-state index is 0.142. The molecular weight excluding hydrogens is 191 g/mol. The summed E-state index contributed by atoms with van der Waals surface area (Å²) in [5.41, 5.74) is 7.36. The Bertz CT molecular complexity index is 319. The third-order valence-electron chi connectivity index (χ3n) is 2.59. The van der Waals surface area contributed by atoms with E-state index in [0.29, 0.717) is 5.69 Å². The molecule has 2 nitrogen and oxygen atoms in total. The van der Waals surface area contributed by atoms with Crippen molar-refractivity contribution < 1.29 is 4.39 Å². The molecule has 0 aliphatic heterocycles. The first-order valence-electron chi connectivity index (χ1n) is 5.40. The summed E-state index contributed by atoms with van der Waals surface area (Å²) in [6, 6.07) is 4.94. The van der Waals surface area contributed by atoms with E-state index in [1.807, 2.05) is 31.7 Å². The van der Waals surface area contributed by atoms with E-state index in [9.17, 15) is 4.39 Å². The molecule has 0 aliphatic carbocycles. The summed E-state index contributed by atoms with van der Waals surface area (Å²) in [6.45, 7) is 7.48. The Morgan fingerprint density at radius 3 is 2.40 bits per heavy atom. The molecule has 1 aromatic carbocycles. The van der Waals surface area contributed by atoms with Crippen LogP contribution in [0.5, 0.6) is 0 Å². The Hall–Kier alpha value is -1.09. The minimum Gasteiger partial charge on any atom is -0.369 e. The predicted molar refractivity (Wildman–Crippen MR) is 62.6 cm³/mol. The zero-order chi connectivity index (χ0) is 11.4. The van der Waals surface area contributed by atoms with Crippen molar-refractivity contribution in [1.29, 1.82) is 0 Å². The first kappa shape index (κ1) is 12.0. The summed E-state index contributed by atoms with van der Waals surface area (Å²) in [5.74, 6) is -0.187. The highest BCUT2D eigenvalue weighted by molar-refractivity contribution is 5.55. The molecule has 0 aromatic heterocycles. The van der Waals surface area contributed by atoms with E-state index in [1.165, 1.54) is 6.07 Å². The van der Waals surface area contributed by atoms with Crippen LogP contribution in [0.3, 0.4) is 0 Å². The molecule has 0 saturated heterocycles. The quantitative estimate of drug-likeness (QED) is 0.828. The van der Waals surface area contributed by atoms with Gasteiger partial charge in [-0.25, -0.2) is 4.39 Å². The largest absolute Gasteiger partial charge is 0.369 e. The second-order valence-electron chi connectivity index (χ2n) is 3.64. The van der Waals surface area contributed by atoms with Crippen molar-refractivity contribution >= 4 is 5.69 Å². The summed E-state index contributed by atoms with van der Waals surface area (Å²) in [7, 11) is 0. The lowest BCUT2D eigenvalue weighted by Crippen LogP contribution is -2.25. The van der Waals surface area contributed by atoms with E-state index in [1.54, 1.807) is 6.07 Å². The maximum Gasteiger partial charge on any atom is 0.146 e. The number of nitrogens with two attached hydrogens (primary N) is 1. The Morgan fingerprint density at radius 1 is 1.33 bits per heavy atom. The molecule has 1 aromatic rings. The lowest BCUT2D eigenvalue weighted by Gasteiger charge is -2.25. The number of hydrogen-bond donors (Lipinski definition) is 1. The van der Waals surface area contributed by atoms with Gasteiger partial charge in [-0.05, 0) is 32.4 Å². The number of nitrogens with zero attached hydrogens (tertiary/aromatic N) is 1. The zero-order valence-corrected chi connectivity index (χ0v) is 9.63. The van der Waals surface area contributed by atoms with Gasteiger partial charge >= 0.3 is 0 Å². The van der Waals surface area contributed by atoms with Crippen LogP contribution in [0.15, 0.2) is 18.2 Å². The van der Waals surface area contributed by atoms with Gasteiger partial charge in [0.25, 0.3) is 0 Å². The lowest BCUT2D eigenvalue weighted by atomic mass is 10.1. The summed E-state index contributed by atoms with van der Waals surface area (Å²) >= 11 is 0. The molecule has 0 heterocycles. The molecule has 1 atom stereocenters. The van der Waals surface area contributed by atoms with Gasteiger partial charge in [-0.15, -0.1) is 0 Å². The third kappa shape index (κ3) is 2.48. The summed E-state index contributed by atoms with van der Waals surface area (Å²) in [4.78, 5) is 1.99. The minimum atomic E-state index is -0.187. The smallest absolute Gasteiger partial charge is 0.146 e. The molecule has 0 spiro atoms. The molecule has 15 heavy (non-hydrogen) atoms. The van der Waals surface area contributed by atoms with Gasteiger partial charge in [0.1, 0.15) is 5.82 Å². The van der Waals surface area contributed by atoms with Crippen LogP contribution < -0.4 is 10.6 Å². The van der Waals surface area contributed by atoms with E-state index in [4.69, 9.17) is 5.73 Å². The Kier molecular flexibility index (Phi) is 4.09. The van der Waals surface area contributed by atoms with Crippen LogP contribution >= 0.6 is 0 Å². The van der Waals surface area contributed by atoms with Gasteiger partial charge in [0.2, 0.25) is 0 Å². The van der Waals surface area contributed by atoms with Crippen LogP contribution in [-0.4, -0.2) is 13.1 Å². The van der Waals surface area contributed by atoms with Crippen LogP contribution in [0, 0.1) is 5.82 Å².